The SMILES string of the molecule is Cc1ccccc1-n1c(Cn2nc(-c3cccc(O)c3)c3c(N)ncnc32)nc2c(c1=O)N(C)NC2. The summed E-state index contributed by atoms with van der Waals surface area (Å²) < 4.78 is 3.30. The van der Waals surface area contributed by atoms with Gasteiger partial charge in [-0.1, -0.05) is 30.3 Å². The number of nitrogen functional groups attached to an aromatic ring is 1. The van der Waals surface area contributed by atoms with Gasteiger partial charge in [-0.2, -0.15) is 5.10 Å². The first-order valence-corrected chi connectivity index (χ1v) is 11.4. The van der Waals surface area contributed by atoms with Crippen molar-refractivity contribution in [1.82, 2.24) is 34.7 Å². The molecule has 36 heavy (non-hydrogen) atoms. The number of phenolic OH excluding ortho intramolecular Hbond substituents is 1. The van der Waals surface area contributed by atoms with Crippen LogP contribution in [0.3, 0.4) is 0 Å². The minimum absolute atomic E-state index is 0.107. The molecular weight excluding hydrogens is 458 g/mol. The molecule has 0 atom stereocenters. The van der Waals surface area contributed by atoms with Crippen LogP contribution >= 0.6 is 0 Å². The van der Waals surface area contributed by atoms with E-state index in [1.165, 1.54) is 6.33 Å². The fraction of sp³-hybridized carbons (Fsp3) is 0.160. The third kappa shape index (κ3) is 3.36. The van der Waals surface area contributed by atoms with Crippen molar-refractivity contribution in [2.24, 2.45) is 0 Å². The molecule has 11 heteroatoms. The number of aryl methyl sites for hydroxylation is 1. The van der Waals surface area contributed by atoms with Crippen molar-refractivity contribution in [3.8, 4) is 22.7 Å². The summed E-state index contributed by atoms with van der Waals surface area (Å²) in [5, 5.41) is 17.1. The third-order valence-electron chi connectivity index (χ3n) is 6.35. The number of benzene rings is 2. The molecule has 0 amide bonds. The normalized spacial score (nSPS) is 12.9. The van der Waals surface area contributed by atoms with E-state index in [1.807, 2.05) is 37.3 Å². The highest BCUT2D eigenvalue weighted by molar-refractivity contribution is 5.98. The number of anilines is 2. The molecule has 0 saturated carbocycles. The van der Waals surface area contributed by atoms with Gasteiger partial charge in [-0.05, 0) is 30.7 Å². The summed E-state index contributed by atoms with van der Waals surface area (Å²) in [5.41, 5.74) is 13.8. The zero-order chi connectivity index (χ0) is 25.0. The van der Waals surface area contributed by atoms with Crippen molar-refractivity contribution >= 4 is 22.5 Å². The Morgan fingerprint density at radius 3 is 2.78 bits per heavy atom. The van der Waals surface area contributed by atoms with Crippen LogP contribution in [0, 0.1) is 6.92 Å². The van der Waals surface area contributed by atoms with Gasteiger partial charge in [-0.15, -0.1) is 0 Å². The second-order valence-electron chi connectivity index (χ2n) is 8.66. The lowest BCUT2D eigenvalue weighted by molar-refractivity contribution is 0.475. The van der Waals surface area contributed by atoms with E-state index >= 15 is 0 Å². The first-order chi connectivity index (χ1) is 17.4. The molecule has 6 rings (SSSR count). The monoisotopic (exact) mass is 481 g/mol. The molecule has 0 bridgehead atoms. The van der Waals surface area contributed by atoms with Crippen LogP contribution in [0.5, 0.6) is 5.75 Å². The predicted octanol–water partition coefficient (Wildman–Crippen LogP) is 2.14. The first kappa shape index (κ1) is 21.7. The van der Waals surface area contributed by atoms with Crippen LogP contribution in [-0.4, -0.2) is 41.5 Å². The number of hydrogen-bond donors (Lipinski definition) is 3. The minimum Gasteiger partial charge on any atom is -0.508 e. The maximum Gasteiger partial charge on any atom is 0.283 e. The third-order valence-corrected chi connectivity index (χ3v) is 6.35. The summed E-state index contributed by atoms with van der Waals surface area (Å²) in [7, 11) is 1.80. The summed E-state index contributed by atoms with van der Waals surface area (Å²) in [4.78, 5) is 27.2. The average molecular weight is 482 g/mol. The number of rotatable bonds is 4. The maximum absolute atomic E-state index is 13.8. The minimum atomic E-state index is -0.171. The molecule has 0 saturated heterocycles. The molecule has 0 radical (unpaired) electrons. The molecule has 1 aliphatic heterocycles. The fourth-order valence-electron chi connectivity index (χ4n) is 4.64. The average Bonchev–Trinajstić information content (AvgIpc) is 3.42. The van der Waals surface area contributed by atoms with Gasteiger partial charge in [0.15, 0.2) is 5.65 Å². The Labute approximate surface area is 205 Å². The summed E-state index contributed by atoms with van der Waals surface area (Å²) in [6.07, 6.45) is 1.38. The Balaban J connectivity index is 1.59. The number of aromatic hydroxyl groups is 1. The predicted molar refractivity (Wildman–Crippen MR) is 136 cm³/mol. The second-order valence-corrected chi connectivity index (χ2v) is 8.66. The number of para-hydroxylation sites is 1. The van der Waals surface area contributed by atoms with Crippen molar-refractivity contribution < 1.29 is 5.11 Å². The van der Waals surface area contributed by atoms with Gasteiger partial charge in [0, 0.05) is 12.6 Å². The Kier molecular flexibility index (Phi) is 4.93. The van der Waals surface area contributed by atoms with E-state index in [2.05, 4.69) is 15.4 Å². The molecule has 0 aliphatic carbocycles. The topological polar surface area (TPSA) is 140 Å². The molecule has 4 N–H and O–H groups in total. The highest BCUT2D eigenvalue weighted by Gasteiger charge is 2.27. The Morgan fingerprint density at radius 2 is 1.97 bits per heavy atom. The summed E-state index contributed by atoms with van der Waals surface area (Å²) >= 11 is 0. The van der Waals surface area contributed by atoms with Crippen molar-refractivity contribution in [3.63, 3.8) is 0 Å². The van der Waals surface area contributed by atoms with Crippen molar-refractivity contribution in [1.29, 1.82) is 0 Å². The van der Waals surface area contributed by atoms with E-state index < -0.39 is 0 Å². The van der Waals surface area contributed by atoms with Gasteiger partial charge in [0.25, 0.3) is 5.56 Å². The lowest BCUT2D eigenvalue weighted by Gasteiger charge is -2.18. The molecule has 1 aliphatic rings. The van der Waals surface area contributed by atoms with Gasteiger partial charge in [-0.25, -0.2) is 25.1 Å². The molecule has 11 nitrogen and oxygen atoms in total. The van der Waals surface area contributed by atoms with Gasteiger partial charge in [0.1, 0.15) is 41.6 Å². The molecule has 0 spiro atoms. The number of nitrogens with one attached hydrogen (secondary N) is 1. The van der Waals surface area contributed by atoms with Gasteiger partial charge in [-0.3, -0.25) is 9.36 Å². The highest BCUT2D eigenvalue weighted by atomic mass is 16.3. The van der Waals surface area contributed by atoms with Crippen LogP contribution in [0.4, 0.5) is 11.5 Å². The number of nitrogens with two attached hydrogens (primary N) is 1. The molecular formula is C25H23N9O2. The largest absolute Gasteiger partial charge is 0.508 e. The van der Waals surface area contributed by atoms with Crippen LogP contribution in [0.25, 0.3) is 28.0 Å². The van der Waals surface area contributed by atoms with E-state index in [1.54, 1.807) is 39.5 Å². The summed E-state index contributed by atoms with van der Waals surface area (Å²) in [6.45, 7) is 2.57. The van der Waals surface area contributed by atoms with E-state index in [4.69, 9.17) is 15.8 Å². The van der Waals surface area contributed by atoms with Gasteiger partial charge >= 0.3 is 0 Å². The Hall–Kier alpha value is -4.77. The molecule has 2 aromatic carbocycles. The Morgan fingerprint density at radius 1 is 1.14 bits per heavy atom. The number of hydrogen-bond acceptors (Lipinski definition) is 9. The zero-order valence-electron chi connectivity index (χ0n) is 19.7. The van der Waals surface area contributed by atoms with E-state index in [9.17, 15) is 9.90 Å². The molecule has 180 valence electrons. The highest BCUT2D eigenvalue weighted by Crippen LogP contribution is 2.32. The van der Waals surface area contributed by atoms with Gasteiger partial charge in [0.2, 0.25) is 0 Å². The molecule has 0 unspecified atom stereocenters. The van der Waals surface area contributed by atoms with Crippen LogP contribution in [0.15, 0.2) is 59.7 Å². The number of aromatic nitrogens is 6. The van der Waals surface area contributed by atoms with Crippen LogP contribution in [0.2, 0.25) is 0 Å². The summed E-state index contributed by atoms with van der Waals surface area (Å²) in [6, 6.07) is 14.4. The van der Waals surface area contributed by atoms with Crippen molar-refractivity contribution in [3.05, 3.63) is 82.3 Å². The fourth-order valence-corrected chi connectivity index (χ4v) is 4.64. The lowest BCUT2D eigenvalue weighted by Crippen LogP contribution is -2.34. The number of hydrazine groups is 1. The van der Waals surface area contributed by atoms with E-state index in [-0.39, 0.29) is 23.7 Å². The smallest absolute Gasteiger partial charge is 0.283 e. The van der Waals surface area contributed by atoms with Crippen molar-refractivity contribution in [2.75, 3.05) is 17.8 Å². The standard InChI is InChI=1S/C25H23N9O2/c1-14-6-3-4-9-18(14)34-19(30-17-11-29-32(2)22(17)25(34)36)12-33-24-20(23(26)27-13-28-24)21(31-33)15-7-5-8-16(35)10-15/h3-10,13,29,35H,11-12H2,1-2H3,(H2,26,27,28). The van der Waals surface area contributed by atoms with Crippen LogP contribution < -0.4 is 21.7 Å². The molecule has 5 aromatic rings. The van der Waals surface area contributed by atoms with E-state index in [0.29, 0.717) is 46.0 Å². The molecule has 4 heterocycles. The van der Waals surface area contributed by atoms with E-state index in [0.717, 1.165) is 11.3 Å². The number of fused-ring (bicyclic) bond motifs is 2. The molecule has 3 aromatic heterocycles. The zero-order valence-corrected chi connectivity index (χ0v) is 19.7. The second kappa shape index (κ2) is 8.17. The number of phenols is 1. The lowest BCUT2D eigenvalue weighted by atomic mass is 10.1. The van der Waals surface area contributed by atoms with Gasteiger partial charge < -0.3 is 15.8 Å². The summed E-state index contributed by atoms with van der Waals surface area (Å²) in [5.74, 6) is 0.888. The van der Waals surface area contributed by atoms with Crippen molar-refractivity contribution in [2.45, 2.75) is 20.0 Å². The van der Waals surface area contributed by atoms with Crippen LogP contribution in [-0.2, 0) is 13.1 Å². The molecule has 0 fully saturated rings. The van der Waals surface area contributed by atoms with Gasteiger partial charge in [0.05, 0.1) is 23.3 Å². The quantitative estimate of drug-likeness (QED) is 0.352. The Bertz CT molecular complexity index is 1710. The number of nitrogens with zero attached hydrogens (tertiary/aromatic N) is 7. The van der Waals surface area contributed by atoms with Crippen LogP contribution in [0.1, 0.15) is 17.1 Å². The maximum atomic E-state index is 13.8. The first-order valence-electron chi connectivity index (χ1n) is 11.4.